The van der Waals surface area contributed by atoms with Gasteiger partial charge in [-0.25, -0.2) is 0 Å². The van der Waals surface area contributed by atoms with E-state index in [0.717, 1.165) is 36.8 Å². The molecular weight excluding hydrogens is 374 g/mol. The van der Waals surface area contributed by atoms with Crippen molar-refractivity contribution in [2.45, 2.75) is 76.9 Å². The summed E-state index contributed by atoms with van der Waals surface area (Å²) in [6.07, 6.45) is 8.23. The molecule has 2 atom stereocenters. The molecule has 0 aromatic heterocycles. The Hall–Kier alpha value is -1.59. The first-order chi connectivity index (χ1) is 13.5. The second kappa shape index (κ2) is 9.75. The number of halogens is 1. The zero-order chi connectivity index (χ0) is 20.1. The molecule has 1 saturated heterocycles. The Labute approximate surface area is 173 Å². The van der Waals surface area contributed by atoms with Crippen molar-refractivity contribution in [1.82, 2.24) is 10.2 Å². The molecular formula is C22H32ClN3O2. The summed E-state index contributed by atoms with van der Waals surface area (Å²) in [5.74, 6) is 0.555. The zero-order valence-electron chi connectivity index (χ0n) is 16.8. The highest BCUT2D eigenvalue weighted by atomic mass is 35.5. The summed E-state index contributed by atoms with van der Waals surface area (Å²) in [6, 6.07) is 5.08. The normalized spacial score (nSPS) is 21.5. The SMILES string of the molecule is CC(N)c1ccc(Cl)cc1CNC(=O)C1CCCN1C(=O)CC1CCCCC1. The van der Waals surface area contributed by atoms with Crippen LogP contribution in [0.15, 0.2) is 18.2 Å². The van der Waals surface area contributed by atoms with Crippen LogP contribution in [0.3, 0.4) is 0 Å². The van der Waals surface area contributed by atoms with Gasteiger partial charge < -0.3 is 16.0 Å². The van der Waals surface area contributed by atoms with Gasteiger partial charge in [-0.1, -0.05) is 36.9 Å². The molecule has 1 aromatic carbocycles. The molecule has 1 heterocycles. The van der Waals surface area contributed by atoms with Gasteiger partial charge in [0.1, 0.15) is 6.04 Å². The van der Waals surface area contributed by atoms with Crippen molar-refractivity contribution in [2.24, 2.45) is 11.7 Å². The quantitative estimate of drug-likeness (QED) is 0.752. The average Bonchev–Trinajstić information content (AvgIpc) is 3.17. The lowest BCUT2D eigenvalue weighted by atomic mass is 9.86. The summed E-state index contributed by atoms with van der Waals surface area (Å²) in [5, 5.41) is 3.63. The lowest BCUT2D eigenvalue weighted by molar-refractivity contribution is -0.139. The minimum atomic E-state index is -0.353. The highest BCUT2D eigenvalue weighted by molar-refractivity contribution is 6.30. The van der Waals surface area contributed by atoms with E-state index in [2.05, 4.69) is 5.32 Å². The molecule has 28 heavy (non-hydrogen) atoms. The zero-order valence-corrected chi connectivity index (χ0v) is 17.5. The van der Waals surface area contributed by atoms with Gasteiger partial charge >= 0.3 is 0 Å². The van der Waals surface area contributed by atoms with Gasteiger partial charge in [0, 0.05) is 30.6 Å². The van der Waals surface area contributed by atoms with Crippen LogP contribution >= 0.6 is 11.6 Å². The minimum absolute atomic E-state index is 0.0786. The molecule has 1 saturated carbocycles. The molecule has 1 aromatic rings. The Bertz CT molecular complexity index is 701. The molecule has 1 aliphatic carbocycles. The number of hydrogen-bond donors (Lipinski definition) is 2. The van der Waals surface area contributed by atoms with Crippen LogP contribution in [0.2, 0.25) is 5.02 Å². The molecule has 2 unspecified atom stereocenters. The van der Waals surface area contributed by atoms with Crippen molar-refractivity contribution >= 4 is 23.4 Å². The molecule has 2 amide bonds. The standard InChI is InChI=1S/C22H32ClN3O2/c1-15(24)19-10-9-18(23)13-17(19)14-25-22(28)20-8-5-11-26(20)21(27)12-16-6-3-2-4-7-16/h9-10,13,15-16,20H,2-8,11-12,14,24H2,1H3,(H,25,28). The van der Waals surface area contributed by atoms with Crippen LogP contribution in [0.5, 0.6) is 0 Å². The maximum absolute atomic E-state index is 12.8. The van der Waals surface area contributed by atoms with Gasteiger partial charge in [0.05, 0.1) is 0 Å². The van der Waals surface area contributed by atoms with Crippen LogP contribution in [0, 0.1) is 5.92 Å². The predicted octanol–water partition coefficient (Wildman–Crippen LogP) is 3.94. The molecule has 154 valence electrons. The number of carbonyl (C=O) groups is 2. The van der Waals surface area contributed by atoms with Crippen molar-refractivity contribution in [3.63, 3.8) is 0 Å². The van der Waals surface area contributed by atoms with E-state index in [1.807, 2.05) is 25.1 Å². The van der Waals surface area contributed by atoms with E-state index < -0.39 is 0 Å². The molecule has 2 aliphatic rings. The van der Waals surface area contributed by atoms with Crippen LogP contribution in [0.1, 0.15) is 75.5 Å². The van der Waals surface area contributed by atoms with E-state index in [-0.39, 0.29) is 23.9 Å². The van der Waals surface area contributed by atoms with Gasteiger partial charge in [0.25, 0.3) is 0 Å². The van der Waals surface area contributed by atoms with Crippen LogP contribution in [-0.2, 0) is 16.1 Å². The van der Waals surface area contributed by atoms with Crippen LogP contribution in [0.25, 0.3) is 0 Å². The van der Waals surface area contributed by atoms with Gasteiger partial charge in [-0.3, -0.25) is 9.59 Å². The Balaban J connectivity index is 1.59. The van der Waals surface area contributed by atoms with Gasteiger partial charge in [-0.15, -0.1) is 0 Å². The molecule has 0 radical (unpaired) electrons. The summed E-state index contributed by atoms with van der Waals surface area (Å²) >= 11 is 6.11. The number of rotatable bonds is 6. The second-order valence-electron chi connectivity index (χ2n) is 8.30. The number of nitrogens with one attached hydrogen (secondary N) is 1. The smallest absolute Gasteiger partial charge is 0.243 e. The van der Waals surface area contributed by atoms with E-state index in [4.69, 9.17) is 17.3 Å². The van der Waals surface area contributed by atoms with E-state index in [1.54, 1.807) is 4.90 Å². The van der Waals surface area contributed by atoms with Gasteiger partial charge in [-0.2, -0.15) is 0 Å². The number of carbonyl (C=O) groups excluding carboxylic acids is 2. The van der Waals surface area contributed by atoms with Crippen molar-refractivity contribution in [3.8, 4) is 0 Å². The predicted molar refractivity (Wildman–Crippen MR) is 112 cm³/mol. The van der Waals surface area contributed by atoms with Crippen molar-refractivity contribution in [2.75, 3.05) is 6.54 Å². The van der Waals surface area contributed by atoms with Crippen LogP contribution < -0.4 is 11.1 Å². The number of nitrogens with two attached hydrogens (primary N) is 1. The molecule has 0 bridgehead atoms. The third-order valence-corrected chi connectivity index (χ3v) is 6.35. The molecule has 3 rings (SSSR count). The summed E-state index contributed by atoms with van der Waals surface area (Å²) in [7, 11) is 0. The van der Waals surface area contributed by atoms with Crippen molar-refractivity contribution < 1.29 is 9.59 Å². The van der Waals surface area contributed by atoms with E-state index in [0.29, 0.717) is 30.5 Å². The Morgan fingerprint density at radius 3 is 2.68 bits per heavy atom. The molecule has 2 fully saturated rings. The highest BCUT2D eigenvalue weighted by Crippen LogP contribution is 2.29. The fourth-order valence-corrected chi connectivity index (χ4v) is 4.76. The number of hydrogen-bond acceptors (Lipinski definition) is 3. The Kier molecular flexibility index (Phi) is 7.36. The highest BCUT2D eigenvalue weighted by Gasteiger charge is 2.34. The van der Waals surface area contributed by atoms with Crippen LogP contribution in [-0.4, -0.2) is 29.3 Å². The fourth-order valence-electron chi connectivity index (χ4n) is 4.57. The first-order valence-electron chi connectivity index (χ1n) is 10.6. The Morgan fingerprint density at radius 2 is 1.96 bits per heavy atom. The van der Waals surface area contributed by atoms with E-state index in [1.165, 1.54) is 19.3 Å². The van der Waals surface area contributed by atoms with Crippen LogP contribution in [0.4, 0.5) is 0 Å². The summed E-state index contributed by atoms with van der Waals surface area (Å²) in [6.45, 7) is 2.97. The first kappa shape index (κ1) is 21.1. The van der Waals surface area contributed by atoms with Crippen molar-refractivity contribution in [3.05, 3.63) is 34.3 Å². The molecule has 5 nitrogen and oxygen atoms in total. The largest absolute Gasteiger partial charge is 0.350 e. The van der Waals surface area contributed by atoms with Gasteiger partial charge in [0.2, 0.25) is 11.8 Å². The topological polar surface area (TPSA) is 75.4 Å². The second-order valence-corrected chi connectivity index (χ2v) is 8.74. The number of benzene rings is 1. The van der Waals surface area contributed by atoms with Gasteiger partial charge in [0.15, 0.2) is 0 Å². The lowest BCUT2D eigenvalue weighted by Crippen LogP contribution is -2.46. The summed E-state index contributed by atoms with van der Waals surface area (Å²) in [5.41, 5.74) is 7.93. The molecule has 6 heteroatoms. The minimum Gasteiger partial charge on any atom is -0.350 e. The maximum Gasteiger partial charge on any atom is 0.243 e. The fraction of sp³-hybridized carbons (Fsp3) is 0.636. The number of likely N-dealkylation sites (tertiary alicyclic amines) is 1. The molecule has 3 N–H and O–H groups in total. The Morgan fingerprint density at radius 1 is 1.21 bits per heavy atom. The monoisotopic (exact) mass is 405 g/mol. The average molecular weight is 406 g/mol. The van der Waals surface area contributed by atoms with Gasteiger partial charge in [-0.05, 0) is 61.8 Å². The number of amides is 2. The first-order valence-corrected chi connectivity index (χ1v) is 10.9. The van der Waals surface area contributed by atoms with E-state index in [9.17, 15) is 9.59 Å². The summed E-state index contributed by atoms with van der Waals surface area (Å²) in [4.78, 5) is 27.4. The van der Waals surface area contributed by atoms with E-state index >= 15 is 0 Å². The number of nitrogens with zero attached hydrogens (tertiary/aromatic N) is 1. The maximum atomic E-state index is 12.8. The lowest BCUT2D eigenvalue weighted by Gasteiger charge is -2.27. The van der Waals surface area contributed by atoms with Crippen molar-refractivity contribution in [1.29, 1.82) is 0 Å². The molecule has 1 aliphatic heterocycles. The third kappa shape index (κ3) is 5.26. The third-order valence-electron chi connectivity index (χ3n) is 6.11. The summed E-state index contributed by atoms with van der Waals surface area (Å²) < 4.78 is 0. The molecule has 0 spiro atoms.